The van der Waals surface area contributed by atoms with E-state index >= 15 is 0 Å². The van der Waals surface area contributed by atoms with E-state index in [4.69, 9.17) is 17.4 Å². The van der Waals surface area contributed by atoms with Crippen LogP contribution in [-0.2, 0) is 6.42 Å². The van der Waals surface area contributed by atoms with Crippen molar-refractivity contribution in [3.8, 4) is 0 Å². The van der Waals surface area contributed by atoms with E-state index in [1.165, 1.54) is 16.3 Å². The molecule has 0 aliphatic rings. The summed E-state index contributed by atoms with van der Waals surface area (Å²) < 4.78 is 0. The van der Waals surface area contributed by atoms with Crippen molar-refractivity contribution in [1.29, 1.82) is 0 Å². The number of halogens is 1. The Bertz CT molecular complexity index is 735. The number of fused-ring (bicyclic) bond motifs is 1. The van der Waals surface area contributed by atoms with Gasteiger partial charge in [0.1, 0.15) is 0 Å². The highest BCUT2D eigenvalue weighted by molar-refractivity contribution is 6.30. The second kappa shape index (κ2) is 6.22. The molecule has 3 N–H and O–H groups in total. The van der Waals surface area contributed by atoms with E-state index in [-0.39, 0.29) is 6.04 Å². The Morgan fingerprint density at radius 3 is 2.62 bits per heavy atom. The Kier molecular flexibility index (Phi) is 4.15. The number of nitrogens with two attached hydrogens (primary N) is 1. The van der Waals surface area contributed by atoms with Crippen LogP contribution in [0.4, 0.5) is 0 Å². The molecule has 1 heterocycles. The van der Waals surface area contributed by atoms with Crippen LogP contribution in [0.25, 0.3) is 10.8 Å². The van der Waals surface area contributed by atoms with E-state index in [9.17, 15) is 0 Å². The zero-order valence-electron chi connectivity index (χ0n) is 11.5. The van der Waals surface area contributed by atoms with Crippen molar-refractivity contribution in [2.45, 2.75) is 12.5 Å². The van der Waals surface area contributed by atoms with Crippen molar-refractivity contribution in [2.75, 3.05) is 0 Å². The van der Waals surface area contributed by atoms with E-state index in [1.807, 2.05) is 18.2 Å². The predicted molar refractivity (Wildman–Crippen MR) is 87.0 cm³/mol. The van der Waals surface area contributed by atoms with Gasteiger partial charge in [-0.2, -0.15) is 0 Å². The van der Waals surface area contributed by atoms with Crippen LogP contribution in [0.5, 0.6) is 0 Å². The van der Waals surface area contributed by atoms with Crippen LogP contribution >= 0.6 is 11.6 Å². The van der Waals surface area contributed by atoms with E-state index in [0.29, 0.717) is 5.02 Å². The standard InChI is InChI=1S/C17H16ClN3/c18-14-8-9-16(20-11-14)17(21-19)10-13-6-3-5-12-4-1-2-7-15(12)13/h1-9,11,17,21H,10,19H2. The van der Waals surface area contributed by atoms with Gasteiger partial charge in [0.05, 0.1) is 16.8 Å². The van der Waals surface area contributed by atoms with Crippen LogP contribution in [0.2, 0.25) is 5.02 Å². The molecule has 1 unspecified atom stereocenters. The second-order valence-corrected chi connectivity index (χ2v) is 5.40. The van der Waals surface area contributed by atoms with Gasteiger partial charge in [-0.3, -0.25) is 16.3 Å². The average Bonchev–Trinajstić information content (AvgIpc) is 2.54. The van der Waals surface area contributed by atoms with Crippen molar-refractivity contribution in [3.05, 3.63) is 77.1 Å². The Morgan fingerprint density at radius 1 is 1.05 bits per heavy atom. The molecule has 21 heavy (non-hydrogen) atoms. The fourth-order valence-electron chi connectivity index (χ4n) is 2.53. The summed E-state index contributed by atoms with van der Waals surface area (Å²) in [6, 6.07) is 18.3. The molecule has 0 radical (unpaired) electrons. The zero-order chi connectivity index (χ0) is 14.7. The molecular weight excluding hydrogens is 282 g/mol. The molecule has 0 amide bonds. The molecule has 1 atom stereocenters. The summed E-state index contributed by atoms with van der Waals surface area (Å²) in [6.07, 6.45) is 2.41. The Hall–Kier alpha value is -1.94. The fraction of sp³-hybridized carbons (Fsp3) is 0.118. The highest BCUT2D eigenvalue weighted by Gasteiger charge is 2.13. The lowest BCUT2D eigenvalue weighted by atomic mass is 9.97. The van der Waals surface area contributed by atoms with Gasteiger partial charge >= 0.3 is 0 Å². The summed E-state index contributed by atoms with van der Waals surface area (Å²) in [6.45, 7) is 0. The molecule has 0 aliphatic carbocycles. The maximum absolute atomic E-state index is 5.88. The number of benzene rings is 2. The van der Waals surface area contributed by atoms with Crippen LogP contribution in [0, 0.1) is 0 Å². The van der Waals surface area contributed by atoms with Gasteiger partial charge in [-0.15, -0.1) is 0 Å². The quantitative estimate of drug-likeness (QED) is 0.571. The first-order chi connectivity index (χ1) is 10.3. The van der Waals surface area contributed by atoms with Gasteiger partial charge in [0.2, 0.25) is 0 Å². The first-order valence-electron chi connectivity index (χ1n) is 6.82. The second-order valence-electron chi connectivity index (χ2n) is 4.96. The lowest BCUT2D eigenvalue weighted by molar-refractivity contribution is 0.540. The highest BCUT2D eigenvalue weighted by Crippen LogP contribution is 2.24. The Balaban J connectivity index is 1.94. The smallest absolute Gasteiger partial charge is 0.0672 e. The molecule has 3 rings (SSSR count). The number of nitrogens with zero attached hydrogens (tertiary/aromatic N) is 1. The van der Waals surface area contributed by atoms with Gasteiger partial charge in [-0.05, 0) is 34.9 Å². The van der Waals surface area contributed by atoms with Crippen molar-refractivity contribution < 1.29 is 0 Å². The molecule has 3 nitrogen and oxygen atoms in total. The number of hydrogen-bond acceptors (Lipinski definition) is 3. The molecule has 0 saturated heterocycles. The summed E-state index contributed by atoms with van der Waals surface area (Å²) >= 11 is 5.88. The molecule has 1 aromatic heterocycles. The highest BCUT2D eigenvalue weighted by atomic mass is 35.5. The summed E-state index contributed by atoms with van der Waals surface area (Å²) in [5.41, 5.74) is 4.97. The minimum absolute atomic E-state index is 0.0481. The average molecular weight is 298 g/mol. The number of aromatic nitrogens is 1. The van der Waals surface area contributed by atoms with Crippen LogP contribution in [0.15, 0.2) is 60.8 Å². The van der Waals surface area contributed by atoms with Gasteiger partial charge in [-0.1, -0.05) is 54.1 Å². The molecule has 3 aromatic rings. The number of rotatable bonds is 4. The molecule has 106 valence electrons. The number of pyridine rings is 1. The number of hydrogen-bond donors (Lipinski definition) is 2. The topological polar surface area (TPSA) is 50.9 Å². The third-order valence-corrected chi connectivity index (χ3v) is 3.84. The van der Waals surface area contributed by atoms with Crippen molar-refractivity contribution in [2.24, 2.45) is 5.84 Å². The third-order valence-electron chi connectivity index (χ3n) is 3.61. The van der Waals surface area contributed by atoms with Crippen LogP contribution in [-0.4, -0.2) is 4.98 Å². The molecule has 0 spiro atoms. The monoisotopic (exact) mass is 297 g/mol. The fourth-order valence-corrected chi connectivity index (χ4v) is 2.64. The van der Waals surface area contributed by atoms with Gasteiger partial charge in [-0.25, -0.2) is 0 Å². The molecule has 4 heteroatoms. The number of nitrogens with one attached hydrogen (secondary N) is 1. The molecule has 0 aliphatic heterocycles. The van der Waals surface area contributed by atoms with Crippen molar-refractivity contribution >= 4 is 22.4 Å². The molecule has 2 aromatic carbocycles. The third kappa shape index (κ3) is 3.05. The van der Waals surface area contributed by atoms with E-state index in [1.54, 1.807) is 6.20 Å². The number of hydrazine groups is 1. The van der Waals surface area contributed by atoms with Crippen LogP contribution < -0.4 is 11.3 Å². The molecular formula is C17H16ClN3. The minimum atomic E-state index is -0.0481. The maximum Gasteiger partial charge on any atom is 0.0672 e. The van der Waals surface area contributed by atoms with Crippen molar-refractivity contribution in [1.82, 2.24) is 10.4 Å². The summed E-state index contributed by atoms with van der Waals surface area (Å²) in [7, 11) is 0. The van der Waals surface area contributed by atoms with Crippen molar-refractivity contribution in [3.63, 3.8) is 0 Å². The maximum atomic E-state index is 5.88. The summed E-state index contributed by atoms with van der Waals surface area (Å²) in [4.78, 5) is 4.35. The van der Waals surface area contributed by atoms with Gasteiger partial charge in [0.15, 0.2) is 0 Å². The zero-order valence-corrected chi connectivity index (χ0v) is 12.2. The Morgan fingerprint density at radius 2 is 1.86 bits per heavy atom. The normalized spacial score (nSPS) is 12.5. The van der Waals surface area contributed by atoms with Gasteiger partial charge in [0, 0.05) is 6.20 Å². The molecule has 0 saturated carbocycles. The first kappa shape index (κ1) is 14.0. The van der Waals surface area contributed by atoms with Crippen LogP contribution in [0.3, 0.4) is 0 Å². The Labute approximate surface area is 128 Å². The van der Waals surface area contributed by atoms with E-state index in [0.717, 1.165) is 12.1 Å². The van der Waals surface area contributed by atoms with E-state index < -0.39 is 0 Å². The molecule has 0 bridgehead atoms. The van der Waals surface area contributed by atoms with Gasteiger partial charge in [0.25, 0.3) is 0 Å². The predicted octanol–water partition coefficient (Wildman–Crippen LogP) is 3.64. The minimum Gasteiger partial charge on any atom is -0.271 e. The lowest BCUT2D eigenvalue weighted by Crippen LogP contribution is -2.30. The molecule has 0 fully saturated rings. The van der Waals surface area contributed by atoms with Gasteiger partial charge < -0.3 is 0 Å². The van der Waals surface area contributed by atoms with Crippen LogP contribution in [0.1, 0.15) is 17.3 Å². The first-order valence-corrected chi connectivity index (χ1v) is 7.20. The largest absolute Gasteiger partial charge is 0.271 e. The lowest BCUT2D eigenvalue weighted by Gasteiger charge is -2.16. The van der Waals surface area contributed by atoms with E-state index in [2.05, 4.69) is 46.8 Å². The summed E-state index contributed by atoms with van der Waals surface area (Å²) in [5, 5.41) is 3.10. The summed E-state index contributed by atoms with van der Waals surface area (Å²) in [5.74, 6) is 5.71. The SMILES string of the molecule is NNC(Cc1cccc2ccccc12)c1ccc(Cl)cn1.